The Morgan fingerprint density at radius 2 is 1.34 bits per heavy atom. The molecule has 0 amide bonds. The molecule has 2 saturated carbocycles. The van der Waals surface area contributed by atoms with Crippen LogP contribution in [0, 0.1) is 35.5 Å². The van der Waals surface area contributed by atoms with Crippen LogP contribution in [0.4, 0.5) is 0 Å². The fourth-order valence-corrected chi connectivity index (χ4v) is 4.63. The third kappa shape index (κ3) is 9.50. The smallest absolute Gasteiger partial charge is 0.311 e. The van der Waals surface area contributed by atoms with Crippen molar-refractivity contribution >= 4 is 11.9 Å². The molecule has 0 aromatic rings. The van der Waals surface area contributed by atoms with E-state index < -0.39 is 12.3 Å². The van der Waals surface area contributed by atoms with E-state index in [2.05, 4.69) is 27.7 Å². The van der Waals surface area contributed by atoms with Crippen LogP contribution >= 0.6 is 0 Å². The van der Waals surface area contributed by atoms with E-state index >= 15 is 0 Å². The SMILES string of the molecule is CC(C)C1CCCC(C(=O)O)C1.CCOC(C)OC(=O)C1CCCC(C(C)C)C1. The van der Waals surface area contributed by atoms with Crippen LogP contribution in [0.15, 0.2) is 0 Å². The van der Waals surface area contributed by atoms with Crippen molar-refractivity contribution < 1.29 is 24.2 Å². The van der Waals surface area contributed by atoms with Gasteiger partial charge in [-0.2, -0.15) is 0 Å². The van der Waals surface area contributed by atoms with Crippen molar-refractivity contribution in [1.29, 1.82) is 0 Å². The van der Waals surface area contributed by atoms with Crippen LogP contribution in [-0.4, -0.2) is 29.9 Å². The fourth-order valence-electron chi connectivity index (χ4n) is 4.63. The summed E-state index contributed by atoms with van der Waals surface area (Å²) in [6.45, 7) is 13.1. The summed E-state index contributed by atoms with van der Waals surface area (Å²) in [4.78, 5) is 22.7. The maximum Gasteiger partial charge on any atom is 0.311 e. The molecule has 0 aromatic heterocycles. The van der Waals surface area contributed by atoms with Gasteiger partial charge in [0, 0.05) is 6.61 Å². The van der Waals surface area contributed by atoms with Crippen LogP contribution in [0.5, 0.6) is 0 Å². The highest BCUT2D eigenvalue weighted by Gasteiger charge is 2.30. The van der Waals surface area contributed by atoms with E-state index in [1.54, 1.807) is 6.92 Å². The fraction of sp³-hybridized carbons (Fsp3) is 0.917. The molecule has 0 aromatic carbocycles. The summed E-state index contributed by atoms with van der Waals surface area (Å²) in [7, 11) is 0. The molecule has 0 aliphatic heterocycles. The normalized spacial score (nSPS) is 28.4. The number of hydrogen-bond donors (Lipinski definition) is 1. The molecule has 2 rings (SSSR count). The third-order valence-electron chi connectivity index (χ3n) is 6.68. The van der Waals surface area contributed by atoms with Gasteiger partial charge in [-0.05, 0) is 63.2 Å². The number of carbonyl (C=O) groups excluding carboxylic acids is 1. The number of esters is 1. The van der Waals surface area contributed by atoms with Crippen molar-refractivity contribution in [2.45, 2.75) is 99.2 Å². The lowest BCUT2D eigenvalue weighted by molar-refractivity contribution is -0.180. The van der Waals surface area contributed by atoms with Gasteiger partial charge in [0.2, 0.25) is 0 Å². The average Bonchev–Trinajstić information content (AvgIpc) is 2.68. The number of hydrogen-bond acceptors (Lipinski definition) is 4. The Hall–Kier alpha value is -1.10. The highest BCUT2D eigenvalue weighted by atomic mass is 16.7. The van der Waals surface area contributed by atoms with Crippen molar-refractivity contribution in [3.8, 4) is 0 Å². The van der Waals surface area contributed by atoms with Gasteiger partial charge in [-0.25, -0.2) is 0 Å². The number of aliphatic carboxylic acids is 1. The molecule has 2 aliphatic rings. The Kier molecular flexibility index (Phi) is 11.9. The number of carboxylic acid groups (broad SMARTS) is 1. The summed E-state index contributed by atoms with van der Waals surface area (Å²) >= 11 is 0. The Morgan fingerprint density at radius 1 is 0.862 bits per heavy atom. The molecule has 29 heavy (non-hydrogen) atoms. The largest absolute Gasteiger partial charge is 0.481 e. The number of ether oxygens (including phenoxy) is 2. The van der Waals surface area contributed by atoms with E-state index in [1.165, 1.54) is 12.8 Å². The standard InChI is InChI=1S/C14H26O3.C10H18O2/c1-5-16-11(4)17-14(15)13-8-6-7-12(9-13)10(2)3;1-7(2)8-4-3-5-9(6-8)10(11)12/h10-13H,5-9H2,1-4H3;7-9H,3-6H2,1-2H3,(H,11,12). The van der Waals surface area contributed by atoms with E-state index in [0.717, 1.165) is 38.5 Å². The first-order valence-electron chi connectivity index (χ1n) is 11.7. The van der Waals surface area contributed by atoms with E-state index in [0.29, 0.717) is 30.3 Å². The molecule has 170 valence electrons. The summed E-state index contributed by atoms with van der Waals surface area (Å²) in [6.07, 6.45) is 8.05. The molecule has 2 fully saturated rings. The van der Waals surface area contributed by atoms with Gasteiger partial charge in [0.05, 0.1) is 11.8 Å². The molecule has 0 spiro atoms. The van der Waals surface area contributed by atoms with Gasteiger partial charge < -0.3 is 14.6 Å². The van der Waals surface area contributed by atoms with Gasteiger partial charge in [-0.3, -0.25) is 9.59 Å². The summed E-state index contributed by atoms with van der Waals surface area (Å²) in [5, 5.41) is 8.84. The summed E-state index contributed by atoms with van der Waals surface area (Å²) in [5.74, 6) is 1.97. The summed E-state index contributed by atoms with van der Waals surface area (Å²) in [6, 6.07) is 0. The Bertz CT molecular complexity index is 488. The van der Waals surface area contributed by atoms with Gasteiger partial charge in [-0.15, -0.1) is 0 Å². The van der Waals surface area contributed by atoms with E-state index in [1.807, 2.05) is 6.92 Å². The first kappa shape index (κ1) is 25.9. The number of carboxylic acids is 1. The van der Waals surface area contributed by atoms with Crippen LogP contribution in [0.2, 0.25) is 0 Å². The second-order valence-corrected chi connectivity index (χ2v) is 9.53. The first-order chi connectivity index (χ1) is 13.6. The molecular formula is C24H44O5. The van der Waals surface area contributed by atoms with Crippen molar-refractivity contribution in [2.75, 3.05) is 6.61 Å². The zero-order valence-electron chi connectivity index (χ0n) is 19.5. The predicted molar refractivity (Wildman–Crippen MR) is 115 cm³/mol. The zero-order chi connectivity index (χ0) is 22.0. The van der Waals surface area contributed by atoms with Crippen LogP contribution in [0.3, 0.4) is 0 Å². The zero-order valence-corrected chi connectivity index (χ0v) is 19.5. The molecular weight excluding hydrogens is 368 g/mol. The second-order valence-electron chi connectivity index (χ2n) is 9.53. The molecule has 2 aliphatic carbocycles. The minimum atomic E-state index is -0.597. The average molecular weight is 413 g/mol. The van der Waals surface area contributed by atoms with E-state index in [-0.39, 0.29) is 17.8 Å². The number of rotatable bonds is 7. The van der Waals surface area contributed by atoms with Crippen LogP contribution in [0.25, 0.3) is 0 Å². The Labute approximate surface area is 177 Å². The van der Waals surface area contributed by atoms with Crippen molar-refractivity contribution in [1.82, 2.24) is 0 Å². The van der Waals surface area contributed by atoms with Gasteiger partial charge in [-0.1, -0.05) is 53.4 Å². The minimum absolute atomic E-state index is 0.0638. The third-order valence-corrected chi connectivity index (χ3v) is 6.68. The molecule has 5 heteroatoms. The highest BCUT2D eigenvalue weighted by molar-refractivity contribution is 5.72. The van der Waals surface area contributed by atoms with Gasteiger partial charge in [0.25, 0.3) is 0 Å². The van der Waals surface area contributed by atoms with Gasteiger partial charge >= 0.3 is 11.9 Å². The molecule has 0 heterocycles. The van der Waals surface area contributed by atoms with Gasteiger partial charge in [0.1, 0.15) is 0 Å². The lowest BCUT2D eigenvalue weighted by Gasteiger charge is -2.30. The molecule has 5 nitrogen and oxygen atoms in total. The van der Waals surface area contributed by atoms with Crippen LogP contribution < -0.4 is 0 Å². The molecule has 5 atom stereocenters. The Balaban J connectivity index is 0.000000308. The quantitative estimate of drug-likeness (QED) is 0.416. The highest BCUT2D eigenvalue weighted by Crippen LogP contribution is 2.35. The van der Waals surface area contributed by atoms with Crippen LogP contribution in [0.1, 0.15) is 92.9 Å². The molecule has 5 unspecified atom stereocenters. The maximum atomic E-state index is 11.9. The lowest BCUT2D eigenvalue weighted by atomic mass is 9.76. The molecule has 0 saturated heterocycles. The monoisotopic (exact) mass is 412 g/mol. The van der Waals surface area contributed by atoms with Crippen molar-refractivity contribution in [2.24, 2.45) is 35.5 Å². The number of carbonyl (C=O) groups is 2. The topological polar surface area (TPSA) is 72.8 Å². The summed E-state index contributed by atoms with van der Waals surface area (Å²) in [5.41, 5.74) is 0. The predicted octanol–water partition coefficient (Wildman–Crippen LogP) is 5.91. The summed E-state index contributed by atoms with van der Waals surface area (Å²) < 4.78 is 10.5. The lowest BCUT2D eigenvalue weighted by Crippen LogP contribution is -2.29. The van der Waals surface area contributed by atoms with E-state index in [9.17, 15) is 9.59 Å². The Morgan fingerprint density at radius 3 is 1.79 bits per heavy atom. The first-order valence-corrected chi connectivity index (χ1v) is 11.7. The van der Waals surface area contributed by atoms with E-state index in [4.69, 9.17) is 14.6 Å². The minimum Gasteiger partial charge on any atom is -0.481 e. The molecule has 1 N–H and O–H groups in total. The maximum absolute atomic E-state index is 11.9. The second kappa shape index (κ2) is 13.3. The van der Waals surface area contributed by atoms with Crippen molar-refractivity contribution in [3.05, 3.63) is 0 Å². The molecule has 0 radical (unpaired) electrons. The molecule has 0 bridgehead atoms. The van der Waals surface area contributed by atoms with Crippen LogP contribution in [-0.2, 0) is 19.1 Å². The van der Waals surface area contributed by atoms with Gasteiger partial charge in [0.15, 0.2) is 6.29 Å². The van der Waals surface area contributed by atoms with Crippen molar-refractivity contribution in [3.63, 3.8) is 0 Å².